The molecule has 0 bridgehead atoms. The molecule has 31 heteroatoms. The molecule has 0 aromatic carbocycles. The van der Waals surface area contributed by atoms with Crippen LogP contribution in [0.15, 0.2) is 197 Å². The van der Waals surface area contributed by atoms with Crippen LogP contribution in [0.3, 0.4) is 0 Å². The van der Waals surface area contributed by atoms with E-state index in [-0.39, 0.29) is 0 Å². The first kappa shape index (κ1) is 92.1. The minimum Gasteiger partial charge on any atom is -0.379 e. The molecule has 0 radical (unpaired) electrons. The van der Waals surface area contributed by atoms with Crippen LogP contribution in [0.1, 0.15) is 155 Å². The Kier molecular flexibility index (Phi) is 58.2. The highest BCUT2D eigenvalue weighted by atomic mass is 32.2. The number of ether oxygens (including phenoxy) is 1. The number of rotatable bonds is 0. The lowest BCUT2D eigenvalue weighted by Crippen LogP contribution is -2.30. The van der Waals surface area contributed by atoms with Crippen molar-refractivity contribution < 1.29 is 4.74 Å². The van der Waals surface area contributed by atoms with Crippen molar-refractivity contribution in [2.45, 2.75) is 185 Å². The van der Waals surface area contributed by atoms with E-state index < -0.39 is 0 Å². The Morgan fingerprint density at radius 3 is 1.25 bits per heavy atom. The van der Waals surface area contributed by atoms with Gasteiger partial charge < -0.3 is 15.4 Å². The molecule has 3 unspecified atom stereocenters. The fourth-order valence-electron chi connectivity index (χ4n) is 7.16. The van der Waals surface area contributed by atoms with Crippen LogP contribution in [-0.2, 0) is 4.74 Å². The van der Waals surface area contributed by atoms with E-state index in [0.717, 1.165) is 75.8 Å². The smallest absolute Gasteiger partial charge is 0.147 e. The molecule has 4 aliphatic rings. The Balaban J connectivity index is 0.000000562. The molecule has 2 N–H and O–H groups in total. The second-order valence-electron chi connectivity index (χ2n) is 22.5. The largest absolute Gasteiger partial charge is 0.379 e. The van der Waals surface area contributed by atoms with Crippen molar-refractivity contribution >= 4 is 11.8 Å². The lowest BCUT2D eigenvalue weighted by atomic mass is 10.1. The van der Waals surface area contributed by atoms with Gasteiger partial charge in [-0.05, 0) is 214 Å². The Morgan fingerprint density at radius 2 is 0.981 bits per heavy atom. The number of aromatic nitrogens is 27. The molecule has 11 aromatic rings. The predicted octanol–water partition coefficient (Wildman–Crippen LogP) is 12.0. The van der Waals surface area contributed by atoms with Gasteiger partial charge in [0.05, 0.1) is 65.6 Å². The summed E-state index contributed by atoms with van der Waals surface area (Å²) in [6, 6.07) is 15.9. The standard InChI is InChI=1S/C6H13N.C6H9N.C6H7N.C6H12O.C6H12S.4C5H6N2.6C4H5N3/c5*1-6-4-2-3-5-7-6;1-5-4-6-2-3-7-5;1-5-2-3-6-4-7-5;1-5-6-3-2-4-7-5;1-5-3-2-4-6-7-5;1-4-6-2-5-3-7-4;1-4-2-6-7-3-5-4;1-4-2-5-3-6-7-4;2*1-4-5-2-3-6-7-4;1-4-2-3-5-7-6-4/h6-7H,2-5H2,1H3;3-5,7H,2H2,1H3;2-5H,1H3;2*6H,2-5H2,1H3;4*2-4H,1H3;6*2-3H,1H3. The van der Waals surface area contributed by atoms with Crippen molar-refractivity contribution in [2.75, 3.05) is 18.9 Å². The van der Waals surface area contributed by atoms with Crippen LogP contribution >= 0.6 is 11.8 Å². The molecule has 3 atom stereocenters. The maximum absolute atomic E-state index is 5.28. The summed E-state index contributed by atoms with van der Waals surface area (Å²) < 4.78 is 5.28. The van der Waals surface area contributed by atoms with Crippen LogP contribution in [0.5, 0.6) is 0 Å². The number of allylic oxidation sites excluding steroid dienone is 3. The summed E-state index contributed by atoms with van der Waals surface area (Å²) in [5.41, 5.74) is 7.90. The second kappa shape index (κ2) is 66.3. The number of hydrogen-bond donors (Lipinski definition) is 2. The molecular formula is C74H107N29OS. The molecule has 30 nitrogen and oxygen atoms in total. The SMILES string of the molecule is CC1=CCC=CN1.CC1CCCCN1.CC1CCCCO1.CC1CCCCS1.Cc1ccccn1.Cc1cccnn1.Cc1ccncn1.Cc1ccnnn1.Cc1cnccn1.Cc1cncnn1.Cc1cnncn1.Cc1ncccn1.Cc1nccnn1.Cc1nccnn1.Cc1ncncn1. The number of dihydropyridines is 1. The number of piperidine rings is 1. The molecule has 15 rings (SSSR count). The Labute approximate surface area is 625 Å². The van der Waals surface area contributed by atoms with Crippen molar-refractivity contribution in [1.29, 1.82) is 0 Å². The first-order chi connectivity index (χ1) is 50.9. The molecule has 3 saturated heterocycles. The van der Waals surface area contributed by atoms with Gasteiger partial charge in [0.2, 0.25) is 0 Å². The fraction of sp³-hybridized carbons (Fsp3) is 0.419. The second-order valence-corrected chi connectivity index (χ2v) is 24.1. The van der Waals surface area contributed by atoms with Crippen molar-refractivity contribution in [3.63, 3.8) is 0 Å². The van der Waals surface area contributed by atoms with Crippen LogP contribution in [0, 0.1) is 76.2 Å². The highest BCUT2D eigenvalue weighted by Gasteiger charge is 2.07. The lowest BCUT2D eigenvalue weighted by molar-refractivity contribution is 0.0285. The summed E-state index contributed by atoms with van der Waals surface area (Å²) in [6.07, 6.45) is 52.5. The number of nitrogens with one attached hydrogen (secondary N) is 2. The highest BCUT2D eigenvalue weighted by molar-refractivity contribution is 7.99. The van der Waals surface area contributed by atoms with Gasteiger partial charge in [0.25, 0.3) is 0 Å². The van der Waals surface area contributed by atoms with Gasteiger partial charge in [-0.1, -0.05) is 38.0 Å². The van der Waals surface area contributed by atoms with E-state index in [4.69, 9.17) is 4.74 Å². The molecule has 15 heterocycles. The zero-order chi connectivity index (χ0) is 76.7. The maximum atomic E-state index is 5.28. The van der Waals surface area contributed by atoms with Crippen LogP contribution in [0.2, 0.25) is 0 Å². The number of aryl methyl sites for hydroxylation is 11. The molecule has 560 valence electrons. The van der Waals surface area contributed by atoms with E-state index in [1.54, 1.807) is 119 Å². The molecule has 0 saturated carbocycles. The molecular weight excluding hydrogens is 1340 g/mol. The minimum atomic E-state index is 0.536. The summed E-state index contributed by atoms with van der Waals surface area (Å²) >= 11 is 2.12. The van der Waals surface area contributed by atoms with E-state index in [1.807, 2.05) is 105 Å². The van der Waals surface area contributed by atoms with Crippen LogP contribution in [-0.4, -0.2) is 172 Å². The van der Waals surface area contributed by atoms with Gasteiger partial charge in [-0.15, -0.1) is 30.6 Å². The van der Waals surface area contributed by atoms with Crippen molar-refractivity contribution in [3.05, 3.63) is 260 Å². The van der Waals surface area contributed by atoms with E-state index in [9.17, 15) is 0 Å². The van der Waals surface area contributed by atoms with Crippen LogP contribution in [0.25, 0.3) is 0 Å². The average Bonchev–Trinajstić information content (AvgIpc) is 3.69. The van der Waals surface area contributed by atoms with Crippen molar-refractivity contribution in [3.8, 4) is 0 Å². The predicted molar refractivity (Wildman–Crippen MR) is 410 cm³/mol. The van der Waals surface area contributed by atoms with E-state index >= 15 is 0 Å². The quantitative estimate of drug-likeness (QED) is 0.142. The number of hydrogen-bond acceptors (Lipinski definition) is 31. The average molecular weight is 1450 g/mol. The van der Waals surface area contributed by atoms with E-state index in [1.165, 1.54) is 107 Å². The third-order valence-electron chi connectivity index (χ3n) is 12.7. The van der Waals surface area contributed by atoms with Gasteiger partial charge in [-0.3, -0.25) is 15.0 Å². The minimum absolute atomic E-state index is 0.536. The summed E-state index contributed by atoms with van der Waals surface area (Å²) in [4.78, 5) is 53.3. The Hall–Kier alpha value is -10.9. The molecule has 4 aliphatic heterocycles. The zero-order valence-corrected chi connectivity index (χ0v) is 64.5. The fourth-order valence-corrected chi connectivity index (χ4v) is 8.26. The van der Waals surface area contributed by atoms with Gasteiger partial charge in [0.1, 0.15) is 54.9 Å². The van der Waals surface area contributed by atoms with Gasteiger partial charge in [-0.25, -0.2) is 54.8 Å². The van der Waals surface area contributed by atoms with Gasteiger partial charge >= 0.3 is 0 Å². The molecule has 3 fully saturated rings. The van der Waals surface area contributed by atoms with Gasteiger partial charge in [0.15, 0.2) is 0 Å². The van der Waals surface area contributed by atoms with E-state index in [0.29, 0.717) is 17.8 Å². The van der Waals surface area contributed by atoms with Gasteiger partial charge in [0, 0.05) is 97.0 Å². The van der Waals surface area contributed by atoms with E-state index in [2.05, 4.69) is 198 Å². The molecule has 105 heavy (non-hydrogen) atoms. The molecule has 11 aromatic heterocycles. The number of thioether (sulfide) groups is 1. The monoisotopic (exact) mass is 1450 g/mol. The molecule has 0 aliphatic carbocycles. The third-order valence-corrected chi connectivity index (χ3v) is 14.0. The Bertz CT molecular complexity index is 2900. The highest BCUT2D eigenvalue weighted by Crippen LogP contribution is 2.23. The van der Waals surface area contributed by atoms with Crippen molar-refractivity contribution in [1.82, 2.24) is 147 Å². The lowest BCUT2D eigenvalue weighted by Gasteiger charge is -2.18. The summed E-state index contributed by atoms with van der Waals surface area (Å²) in [7, 11) is 0. The summed E-state index contributed by atoms with van der Waals surface area (Å²) in [5.74, 6) is 4.41. The first-order valence-corrected chi connectivity index (χ1v) is 35.4. The van der Waals surface area contributed by atoms with Crippen LogP contribution < -0.4 is 10.6 Å². The maximum Gasteiger partial charge on any atom is 0.147 e. The number of pyridine rings is 1. The first-order valence-electron chi connectivity index (χ1n) is 34.4. The molecule has 0 amide bonds. The normalized spacial score (nSPS) is 14.2. The summed E-state index contributed by atoms with van der Waals surface area (Å²) in [6.45, 7) is 31.6. The summed E-state index contributed by atoms with van der Waals surface area (Å²) in [5, 5.41) is 53.9. The van der Waals surface area contributed by atoms with Gasteiger partial charge in [-0.2, -0.15) is 42.4 Å². The van der Waals surface area contributed by atoms with Crippen LogP contribution in [0.4, 0.5) is 0 Å². The Morgan fingerprint density at radius 1 is 0.381 bits per heavy atom. The number of nitrogens with zero attached hydrogens (tertiary/aromatic N) is 27. The zero-order valence-electron chi connectivity index (χ0n) is 63.7. The topological polar surface area (TPSA) is 381 Å². The van der Waals surface area contributed by atoms with Crippen molar-refractivity contribution in [2.24, 2.45) is 0 Å². The molecule has 0 spiro atoms. The third kappa shape index (κ3) is 64.9.